The summed E-state index contributed by atoms with van der Waals surface area (Å²) in [5, 5.41) is 18.4. The minimum atomic E-state index is -0.538. The Hall–Kier alpha value is -2.83. The van der Waals surface area contributed by atoms with E-state index >= 15 is 0 Å². The Labute approximate surface area is 176 Å². The summed E-state index contributed by atoms with van der Waals surface area (Å²) in [6.07, 6.45) is 1.08. The van der Waals surface area contributed by atoms with Gasteiger partial charge >= 0.3 is 0 Å². The number of hydrogen-bond donors (Lipinski definition) is 3. The molecular formula is C24H30N4O2. The molecule has 0 fully saturated rings. The molecule has 0 bridgehead atoms. The predicted octanol–water partition coefficient (Wildman–Crippen LogP) is 4.65. The number of aromatic amines is 1. The van der Waals surface area contributed by atoms with E-state index in [1.54, 1.807) is 7.11 Å². The van der Waals surface area contributed by atoms with Gasteiger partial charge in [-0.15, -0.1) is 0 Å². The summed E-state index contributed by atoms with van der Waals surface area (Å²) < 4.78 is 5.44. The van der Waals surface area contributed by atoms with Crippen LogP contribution in [0.5, 0.6) is 5.75 Å². The summed E-state index contributed by atoms with van der Waals surface area (Å²) in [4.78, 5) is 10.4. The van der Waals surface area contributed by atoms with Crippen LogP contribution in [-0.4, -0.2) is 52.4 Å². The van der Waals surface area contributed by atoms with Crippen molar-refractivity contribution in [2.24, 2.45) is 0 Å². The van der Waals surface area contributed by atoms with Crippen molar-refractivity contribution in [3.05, 3.63) is 42.1 Å². The van der Waals surface area contributed by atoms with Crippen molar-refractivity contribution in [1.29, 1.82) is 0 Å². The topological polar surface area (TPSA) is 73.4 Å². The first-order valence-electron chi connectivity index (χ1n) is 10.5. The third-order valence-corrected chi connectivity index (χ3v) is 6.05. The highest BCUT2D eigenvalue weighted by molar-refractivity contribution is 6.15. The predicted molar refractivity (Wildman–Crippen MR) is 124 cm³/mol. The SMILES string of the molecule is CCN(CC)C(Nc1nccc2c(C)c3[nH]c4ccc(OC)cc4c3cc12)C(C)O. The summed E-state index contributed by atoms with van der Waals surface area (Å²) in [7, 11) is 1.69. The molecule has 0 aliphatic rings. The number of ether oxygens (including phenoxy) is 1. The van der Waals surface area contributed by atoms with Gasteiger partial charge in [-0.05, 0) is 68.2 Å². The molecule has 158 valence electrons. The Kier molecular flexibility index (Phi) is 5.54. The molecule has 4 rings (SSSR count). The van der Waals surface area contributed by atoms with Crippen LogP contribution in [0.4, 0.5) is 5.82 Å². The maximum Gasteiger partial charge on any atom is 0.135 e. The van der Waals surface area contributed by atoms with Gasteiger partial charge in [0.1, 0.15) is 17.7 Å². The Bertz CT molecular complexity index is 1190. The second-order valence-corrected chi connectivity index (χ2v) is 7.77. The fourth-order valence-corrected chi connectivity index (χ4v) is 4.38. The van der Waals surface area contributed by atoms with Gasteiger partial charge in [-0.3, -0.25) is 4.90 Å². The van der Waals surface area contributed by atoms with E-state index in [4.69, 9.17) is 4.74 Å². The molecule has 30 heavy (non-hydrogen) atoms. The maximum absolute atomic E-state index is 10.4. The van der Waals surface area contributed by atoms with Crippen molar-refractivity contribution < 1.29 is 9.84 Å². The molecule has 2 unspecified atom stereocenters. The van der Waals surface area contributed by atoms with E-state index in [1.165, 1.54) is 5.56 Å². The zero-order valence-corrected chi connectivity index (χ0v) is 18.3. The lowest BCUT2D eigenvalue weighted by atomic mass is 10.0. The van der Waals surface area contributed by atoms with E-state index in [0.29, 0.717) is 0 Å². The first-order chi connectivity index (χ1) is 14.5. The maximum atomic E-state index is 10.4. The van der Waals surface area contributed by atoms with Crippen LogP contribution in [0.3, 0.4) is 0 Å². The normalized spacial score (nSPS) is 14.0. The Balaban J connectivity index is 1.93. The highest BCUT2D eigenvalue weighted by Gasteiger charge is 2.22. The van der Waals surface area contributed by atoms with Gasteiger partial charge < -0.3 is 20.1 Å². The molecular weight excluding hydrogens is 376 g/mol. The summed E-state index contributed by atoms with van der Waals surface area (Å²) >= 11 is 0. The van der Waals surface area contributed by atoms with Gasteiger partial charge in [0, 0.05) is 27.9 Å². The van der Waals surface area contributed by atoms with Gasteiger partial charge in [-0.2, -0.15) is 0 Å². The second-order valence-electron chi connectivity index (χ2n) is 7.77. The molecule has 0 saturated carbocycles. The van der Waals surface area contributed by atoms with E-state index < -0.39 is 6.10 Å². The molecule has 2 atom stereocenters. The summed E-state index contributed by atoms with van der Waals surface area (Å²) in [5.41, 5.74) is 3.38. The number of aryl methyl sites for hydroxylation is 1. The van der Waals surface area contributed by atoms with Crippen LogP contribution < -0.4 is 10.1 Å². The highest BCUT2D eigenvalue weighted by Crippen LogP contribution is 2.36. The third-order valence-electron chi connectivity index (χ3n) is 6.05. The number of hydrogen-bond acceptors (Lipinski definition) is 5. The largest absolute Gasteiger partial charge is 0.497 e. The van der Waals surface area contributed by atoms with E-state index in [9.17, 15) is 5.11 Å². The lowest BCUT2D eigenvalue weighted by Crippen LogP contribution is -2.47. The zero-order valence-electron chi connectivity index (χ0n) is 18.3. The smallest absolute Gasteiger partial charge is 0.135 e. The molecule has 0 aliphatic carbocycles. The number of methoxy groups -OCH3 is 1. The number of rotatable bonds is 7. The first kappa shape index (κ1) is 20.4. The molecule has 2 heterocycles. The first-order valence-corrected chi connectivity index (χ1v) is 10.5. The highest BCUT2D eigenvalue weighted by atomic mass is 16.5. The number of benzene rings is 2. The number of H-pyrrole nitrogens is 1. The fraction of sp³-hybridized carbons (Fsp3) is 0.375. The van der Waals surface area contributed by atoms with Gasteiger partial charge in [-0.25, -0.2) is 4.98 Å². The Morgan fingerprint density at radius 3 is 2.53 bits per heavy atom. The van der Waals surface area contributed by atoms with Crippen molar-refractivity contribution in [3.8, 4) is 5.75 Å². The number of anilines is 1. The van der Waals surface area contributed by atoms with Crippen LogP contribution in [0, 0.1) is 6.92 Å². The standard InChI is InChI=1S/C24H30N4O2/c1-6-28(7-2)24(15(4)29)27-23-20-13-19-18-12-16(30-5)8-9-21(18)26-22(19)14(3)17(20)10-11-25-23/h8-13,15,24,26,29H,6-7H2,1-5H3,(H,25,27). The molecule has 2 aromatic carbocycles. The number of aliphatic hydroxyl groups is 1. The Morgan fingerprint density at radius 1 is 1.10 bits per heavy atom. The lowest BCUT2D eigenvalue weighted by molar-refractivity contribution is 0.0822. The summed E-state index contributed by atoms with van der Waals surface area (Å²) in [6.45, 7) is 9.84. The van der Waals surface area contributed by atoms with E-state index in [-0.39, 0.29) is 6.17 Å². The second kappa shape index (κ2) is 8.13. The van der Waals surface area contributed by atoms with Crippen molar-refractivity contribution in [2.75, 3.05) is 25.5 Å². The van der Waals surface area contributed by atoms with Crippen molar-refractivity contribution >= 4 is 38.4 Å². The van der Waals surface area contributed by atoms with Gasteiger partial charge in [0.05, 0.1) is 18.7 Å². The molecule has 3 N–H and O–H groups in total. The molecule has 0 amide bonds. The van der Waals surface area contributed by atoms with Gasteiger partial charge in [0.25, 0.3) is 0 Å². The van der Waals surface area contributed by atoms with E-state index in [0.717, 1.165) is 57.2 Å². The molecule has 6 nitrogen and oxygen atoms in total. The number of pyridine rings is 1. The average Bonchev–Trinajstić information content (AvgIpc) is 3.12. The number of nitrogens with one attached hydrogen (secondary N) is 2. The minimum absolute atomic E-state index is 0.211. The molecule has 0 spiro atoms. The Morgan fingerprint density at radius 2 is 1.87 bits per heavy atom. The van der Waals surface area contributed by atoms with E-state index in [1.807, 2.05) is 19.2 Å². The van der Waals surface area contributed by atoms with Crippen LogP contribution in [0.25, 0.3) is 32.6 Å². The lowest BCUT2D eigenvalue weighted by Gasteiger charge is -2.33. The number of aromatic nitrogens is 2. The minimum Gasteiger partial charge on any atom is -0.497 e. The number of fused-ring (bicyclic) bond motifs is 4. The van der Waals surface area contributed by atoms with Crippen LogP contribution in [0.1, 0.15) is 26.3 Å². The van der Waals surface area contributed by atoms with Crippen molar-refractivity contribution in [1.82, 2.24) is 14.9 Å². The third kappa shape index (κ3) is 3.36. The molecule has 2 aromatic heterocycles. The summed E-state index contributed by atoms with van der Waals surface area (Å²) in [5.74, 6) is 1.62. The van der Waals surface area contributed by atoms with Crippen LogP contribution in [0.2, 0.25) is 0 Å². The molecule has 4 aromatic rings. The summed E-state index contributed by atoms with van der Waals surface area (Å²) in [6, 6.07) is 10.3. The monoisotopic (exact) mass is 406 g/mol. The molecule has 0 aliphatic heterocycles. The van der Waals surface area contributed by atoms with Gasteiger partial charge in [0.15, 0.2) is 0 Å². The number of aliphatic hydroxyl groups excluding tert-OH is 1. The number of nitrogens with zero attached hydrogens (tertiary/aromatic N) is 2. The fourth-order valence-electron chi connectivity index (χ4n) is 4.38. The van der Waals surface area contributed by atoms with Crippen molar-refractivity contribution in [2.45, 2.75) is 40.0 Å². The van der Waals surface area contributed by atoms with Crippen molar-refractivity contribution in [3.63, 3.8) is 0 Å². The number of likely N-dealkylation sites (N-methyl/N-ethyl adjacent to an activating group) is 1. The zero-order chi connectivity index (χ0) is 21.4. The molecule has 0 saturated heterocycles. The molecule has 6 heteroatoms. The van der Waals surface area contributed by atoms with Gasteiger partial charge in [-0.1, -0.05) is 13.8 Å². The van der Waals surface area contributed by atoms with Crippen LogP contribution in [0.15, 0.2) is 36.5 Å². The van der Waals surface area contributed by atoms with Crippen LogP contribution in [-0.2, 0) is 0 Å². The van der Waals surface area contributed by atoms with Crippen LogP contribution >= 0.6 is 0 Å². The van der Waals surface area contributed by atoms with Gasteiger partial charge in [0.2, 0.25) is 0 Å². The quantitative estimate of drug-likeness (QED) is 0.390. The molecule has 0 radical (unpaired) electrons. The average molecular weight is 407 g/mol. The van der Waals surface area contributed by atoms with E-state index in [2.05, 4.69) is 65.2 Å².